The highest BCUT2D eigenvalue weighted by atomic mass is 16.5. The molecule has 2 fully saturated rings. The van der Waals surface area contributed by atoms with Crippen molar-refractivity contribution < 1.29 is 9.53 Å². The van der Waals surface area contributed by atoms with Crippen LogP contribution in [-0.4, -0.2) is 36.6 Å². The average Bonchev–Trinajstić information content (AvgIpc) is 2.15. The molecule has 0 aromatic carbocycles. The van der Waals surface area contributed by atoms with E-state index < -0.39 is 0 Å². The lowest BCUT2D eigenvalue weighted by atomic mass is 10.1. The molecule has 0 unspecified atom stereocenters. The quantitative estimate of drug-likeness (QED) is 0.543. The van der Waals surface area contributed by atoms with Crippen molar-refractivity contribution in [2.75, 3.05) is 19.8 Å². The molecular weight excluding hydrogens is 142 g/mol. The van der Waals surface area contributed by atoms with Crippen molar-refractivity contribution in [2.45, 2.75) is 19.4 Å². The van der Waals surface area contributed by atoms with Gasteiger partial charge < -0.3 is 9.64 Å². The van der Waals surface area contributed by atoms with Crippen molar-refractivity contribution in [2.24, 2.45) is 5.92 Å². The predicted octanol–water partition coefficient (Wildman–Crippen LogP) is 0.254. The van der Waals surface area contributed by atoms with Crippen LogP contribution in [0, 0.1) is 5.92 Å². The molecule has 2 heterocycles. The molecule has 0 N–H and O–H groups in total. The van der Waals surface area contributed by atoms with Crippen LogP contribution in [-0.2, 0) is 9.53 Å². The summed E-state index contributed by atoms with van der Waals surface area (Å²) in [5.41, 5.74) is 0. The van der Waals surface area contributed by atoms with Crippen LogP contribution in [0.1, 0.15) is 13.3 Å². The van der Waals surface area contributed by atoms with E-state index in [4.69, 9.17) is 4.74 Å². The second-order valence-corrected chi connectivity index (χ2v) is 3.41. The number of carbonyl (C=O) groups excluding carboxylic acids is 1. The van der Waals surface area contributed by atoms with Gasteiger partial charge in [0.1, 0.15) is 0 Å². The summed E-state index contributed by atoms with van der Waals surface area (Å²) in [5, 5.41) is 0. The minimum absolute atomic E-state index is 0.246. The van der Waals surface area contributed by atoms with Gasteiger partial charge in [0.05, 0.1) is 19.3 Å². The van der Waals surface area contributed by atoms with Crippen molar-refractivity contribution in [3.8, 4) is 0 Å². The molecule has 0 bridgehead atoms. The zero-order valence-corrected chi connectivity index (χ0v) is 6.75. The average molecular weight is 155 g/mol. The van der Waals surface area contributed by atoms with Gasteiger partial charge in [-0.15, -0.1) is 0 Å². The van der Waals surface area contributed by atoms with Crippen LogP contribution >= 0.6 is 0 Å². The Kier molecular flexibility index (Phi) is 1.60. The summed E-state index contributed by atoms with van der Waals surface area (Å²) >= 11 is 0. The fourth-order valence-corrected chi connectivity index (χ4v) is 1.62. The van der Waals surface area contributed by atoms with Crippen LogP contribution in [0.2, 0.25) is 0 Å². The second-order valence-electron chi connectivity index (χ2n) is 3.41. The number of rotatable bonds is 1. The second kappa shape index (κ2) is 2.48. The lowest BCUT2D eigenvalue weighted by molar-refractivity contribution is -0.141. The zero-order valence-electron chi connectivity index (χ0n) is 6.75. The molecule has 1 amide bonds. The molecule has 0 aromatic heterocycles. The minimum atomic E-state index is 0.246. The highest BCUT2D eigenvalue weighted by Gasteiger charge is 2.36. The van der Waals surface area contributed by atoms with Crippen molar-refractivity contribution in [3.05, 3.63) is 0 Å². The first-order chi connectivity index (χ1) is 5.29. The Labute approximate surface area is 66.3 Å². The van der Waals surface area contributed by atoms with E-state index in [1.807, 2.05) is 11.8 Å². The van der Waals surface area contributed by atoms with Crippen LogP contribution in [0.4, 0.5) is 0 Å². The van der Waals surface area contributed by atoms with E-state index in [0.29, 0.717) is 11.9 Å². The van der Waals surface area contributed by atoms with Crippen LogP contribution in [0.25, 0.3) is 0 Å². The standard InChI is InChI=1S/C8H13NO2/c1-6-2-3-9(8(6)10)7-4-11-5-7/h6-7H,2-5H2,1H3/t6-/m0/s1. The van der Waals surface area contributed by atoms with E-state index in [0.717, 1.165) is 26.2 Å². The summed E-state index contributed by atoms with van der Waals surface area (Å²) in [7, 11) is 0. The van der Waals surface area contributed by atoms with Gasteiger partial charge in [-0.25, -0.2) is 0 Å². The Bertz CT molecular complexity index is 177. The molecule has 0 spiro atoms. The molecule has 2 saturated heterocycles. The number of ether oxygens (including phenoxy) is 1. The lowest BCUT2D eigenvalue weighted by Crippen LogP contribution is -2.49. The maximum absolute atomic E-state index is 11.4. The van der Waals surface area contributed by atoms with Crippen molar-refractivity contribution in [1.82, 2.24) is 4.90 Å². The lowest BCUT2D eigenvalue weighted by Gasteiger charge is -2.34. The maximum Gasteiger partial charge on any atom is 0.225 e. The number of hydrogen-bond acceptors (Lipinski definition) is 2. The predicted molar refractivity (Wildman–Crippen MR) is 40.1 cm³/mol. The van der Waals surface area contributed by atoms with Crippen LogP contribution < -0.4 is 0 Å². The minimum Gasteiger partial charge on any atom is -0.377 e. The molecule has 2 aliphatic heterocycles. The van der Waals surface area contributed by atoms with Crippen LogP contribution in [0.3, 0.4) is 0 Å². The Balaban J connectivity index is 1.98. The first-order valence-electron chi connectivity index (χ1n) is 4.17. The number of carbonyl (C=O) groups is 1. The fraction of sp³-hybridized carbons (Fsp3) is 0.875. The Morgan fingerprint density at radius 3 is 2.64 bits per heavy atom. The van der Waals surface area contributed by atoms with E-state index in [2.05, 4.69) is 0 Å². The van der Waals surface area contributed by atoms with Gasteiger partial charge in [-0.05, 0) is 6.42 Å². The van der Waals surface area contributed by atoms with Gasteiger partial charge in [-0.1, -0.05) is 6.92 Å². The Hall–Kier alpha value is -0.570. The topological polar surface area (TPSA) is 29.5 Å². The molecule has 3 nitrogen and oxygen atoms in total. The van der Waals surface area contributed by atoms with Crippen molar-refractivity contribution in [3.63, 3.8) is 0 Å². The summed E-state index contributed by atoms with van der Waals surface area (Å²) in [4.78, 5) is 13.4. The van der Waals surface area contributed by atoms with E-state index in [-0.39, 0.29) is 5.92 Å². The molecule has 2 rings (SSSR count). The molecule has 0 saturated carbocycles. The number of likely N-dealkylation sites (tertiary alicyclic amines) is 1. The number of amides is 1. The van der Waals surface area contributed by atoms with Crippen LogP contribution in [0.15, 0.2) is 0 Å². The SMILES string of the molecule is C[C@H]1CCN(C2COC2)C1=O. The Morgan fingerprint density at radius 1 is 1.55 bits per heavy atom. The molecular formula is C8H13NO2. The van der Waals surface area contributed by atoms with E-state index in [9.17, 15) is 4.79 Å². The first-order valence-corrected chi connectivity index (χ1v) is 4.17. The molecule has 11 heavy (non-hydrogen) atoms. The first kappa shape index (κ1) is 7.10. The number of nitrogens with zero attached hydrogens (tertiary/aromatic N) is 1. The Morgan fingerprint density at radius 2 is 2.27 bits per heavy atom. The third kappa shape index (κ3) is 1.03. The van der Waals surface area contributed by atoms with E-state index >= 15 is 0 Å². The van der Waals surface area contributed by atoms with Gasteiger partial charge in [-0.2, -0.15) is 0 Å². The molecule has 2 aliphatic rings. The summed E-state index contributed by atoms with van der Waals surface area (Å²) in [6.45, 7) is 4.44. The summed E-state index contributed by atoms with van der Waals surface area (Å²) < 4.78 is 5.04. The van der Waals surface area contributed by atoms with Gasteiger partial charge in [0.15, 0.2) is 0 Å². The van der Waals surface area contributed by atoms with E-state index in [1.54, 1.807) is 0 Å². The molecule has 0 aromatic rings. The van der Waals surface area contributed by atoms with Gasteiger partial charge in [0, 0.05) is 12.5 Å². The summed E-state index contributed by atoms with van der Waals surface area (Å²) in [6, 6.07) is 0.396. The smallest absolute Gasteiger partial charge is 0.225 e. The van der Waals surface area contributed by atoms with Gasteiger partial charge in [-0.3, -0.25) is 4.79 Å². The van der Waals surface area contributed by atoms with Gasteiger partial charge in [0.2, 0.25) is 5.91 Å². The number of hydrogen-bond donors (Lipinski definition) is 0. The monoisotopic (exact) mass is 155 g/mol. The van der Waals surface area contributed by atoms with Gasteiger partial charge in [0.25, 0.3) is 0 Å². The van der Waals surface area contributed by atoms with Crippen molar-refractivity contribution in [1.29, 1.82) is 0 Å². The van der Waals surface area contributed by atoms with Crippen LogP contribution in [0.5, 0.6) is 0 Å². The van der Waals surface area contributed by atoms with E-state index in [1.165, 1.54) is 0 Å². The molecule has 0 radical (unpaired) electrons. The zero-order chi connectivity index (χ0) is 7.84. The normalized spacial score (nSPS) is 32.6. The summed E-state index contributed by atoms with van der Waals surface area (Å²) in [5.74, 6) is 0.564. The molecule has 0 aliphatic carbocycles. The summed E-state index contributed by atoms with van der Waals surface area (Å²) in [6.07, 6.45) is 1.02. The molecule has 3 heteroatoms. The molecule has 62 valence electrons. The van der Waals surface area contributed by atoms with Crippen molar-refractivity contribution >= 4 is 5.91 Å². The maximum atomic E-state index is 11.4. The largest absolute Gasteiger partial charge is 0.377 e. The molecule has 1 atom stereocenters. The third-order valence-electron chi connectivity index (χ3n) is 2.57. The fourth-order valence-electron chi connectivity index (χ4n) is 1.62. The van der Waals surface area contributed by atoms with Gasteiger partial charge >= 0.3 is 0 Å². The highest BCUT2D eigenvalue weighted by molar-refractivity contribution is 5.80. The third-order valence-corrected chi connectivity index (χ3v) is 2.57. The highest BCUT2D eigenvalue weighted by Crippen LogP contribution is 2.22.